The molecule has 1 fully saturated rings. The maximum atomic E-state index is 13.5. The number of methoxy groups -OCH3 is 3. The van der Waals surface area contributed by atoms with E-state index in [0.717, 1.165) is 12.8 Å². The molecule has 0 aliphatic carbocycles. The number of rotatable bonds is 6. The van der Waals surface area contributed by atoms with E-state index in [-0.39, 0.29) is 18.4 Å². The molecule has 2 aromatic rings. The van der Waals surface area contributed by atoms with Crippen molar-refractivity contribution in [3.63, 3.8) is 0 Å². The monoisotopic (exact) mass is 453 g/mol. The fourth-order valence-corrected chi connectivity index (χ4v) is 4.44. The molecule has 2 aliphatic rings. The molecule has 174 valence electrons. The normalized spacial score (nSPS) is 17.6. The number of piperidine rings is 1. The summed E-state index contributed by atoms with van der Waals surface area (Å²) < 4.78 is 16.0. The molecule has 0 spiro atoms. The molecule has 0 saturated carbocycles. The Morgan fingerprint density at radius 3 is 2.39 bits per heavy atom. The molecule has 3 amide bonds. The third-order valence-electron chi connectivity index (χ3n) is 5.99. The van der Waals surface area contributed by atoms with Crippen LogP contribution in [-0.2, 0) is 9.59 Å². The summed E-state index contributed by atoms with van der Waals surface area (Å²) in [5.41, 5.74) is 1.30. The van der Waals surface area contributed by atoms with Crippen molar-refractivity contribution in [2.45, 2.75) is 25.3 Å². The van der Waals surface area contributed by atoms with E-state index in [0.29, 0.717) is 47.2 Å². The molecule has 9 heteroatoms. The Morgan fingerprint density at radius 2 is 1.73 bits per heavy atom. The molecule has 2 heterocycles. The minimum atomic E-state index is -0.562. The van der Waals surface area contributed by atoms with Crippen molar-refractivity contribution >= 4 is 29.1 Å². The van der Waals surface area contributed by atoms with Gasteiger partial charge in [-0.2, -0.15) is 0 Å². The molecule has 4 rings (SSSR count). The lowest BCUT2D eigenvalue weighted by molar-refractivity contribution is -0.125. The number of hydrogen-bond donors (Lipinski definition) is 1. The lowest BCUT2D eigenvalue weighted by Gasteiger charge is -2.34. The molecule has 2 aliphatic heterocycles. The van der Waals surface area contributed by atoms with Gasteiger partial charge in [-0.25, -0.2) is 0 Å². The number of hydrogen-bond acceptors (Lipinski definition) is 6. The maximum Gasteiger partial charge on any atom is 0.256 e. The first-order valence-electron chi connectivity index (χ1n) is 10.8. The first-order chi connectivity index (χ1) is 16.0. The molecule has 0 radical (unpaired) electrons. The predicted octanol–water partition coefficient (Wildman–Crippen LogP) is 2.69. The van der Waals surface area contributed by atoms with Crippen molar-refractivity contribution in [2.75, 3.05) is 44.6 Å². The summed E-state index contributed by atoms with van der Waals surface area (Å²) in [6.07, 6.45) is 2.31. The van der Waals surface area contributed by atoms with Gasteiger partial charge in [-0.1, -0.05) is 12.1 Å². The minimum absolute atomic E-state index is 0.170. The third kappa shape index (κ3) is 4.18. The molecule has 0 unspecified atom stereocenters. The van der Waals surface area contributed by atoms with E-state index in [1.807, 2.05) is 0 Å². The molecule has 0 aromatic heterocycles. The van der Waals surface area contributed by atoms with Crippen molar-refractivity contribution in [1.29, 1.82) is 0 Å². The lowest BCUT2D eigenvalue weighted by atomic mass is 10.0. The topological polar surface area (TPSA) is 97.4 Å². The van der Waals surface area contributed by atoms with Gasteiger partial charge in [0.05, 0.1) is 32.6 Å². The molecular formula is C24H27N3O6. The number of benzene rings is 2. The summed E-state index contributed by atoms with van der Waals surface area (Å²) in [5, 5.41) is 2.80. The number of nitrogens with one attached hydrogen (secondary N) is 1. The standard InChI is InChI=1S/C24H27N3O6/c1-31-19-12-15(13-20(32-2)22(19)33-3)25-21(28)14-27-17-9-5-4-8-16(17)23(29)26-11-7-6-10-18(26)24(27)30/h4-5,8-9,12-13,18H,6-7,10-11,14H2,1-3H3,(H,25,28)/t18-/m0/s1. The van der Waals surface area contributed by atoms with Crippen molar-refractivity contribution in [2.24, 2.45) is 0 Å². The van der Waals surface area contributed by atoms with Crippen LogP contribution in [0.4, 0.5) is 11.4 Å². The van der Waals surface area contributed by atoms with Crippen LogP contribution in [0.25, 0.3) is 0 Å². The van der Waals surface area contributed by atoms with Crippen LogP contribution < -0.4 is 24.4 Å². The van der Waals surface area contributed by atoms with Crippen LogP contribution >= 0.6 is 0 Å². The van der Waals surface area contributed by atoms with Crippen molar-refractivity contribution in [1.82, 2.24) is 4.90 Å². The Morgan fingerprint density at radius 1 is 1.03 bits per heavy atom. The van der Waals surface area contributed by atoms with Crippen LogP contribution in [0.3, 0.4) is 0 Å². The quantitative estimate of drug-likeness (QED) is 0.722. The van der Waals surface area contributed by atoms with E-state index < -0.39 is 11.9 Å². The van der Waals surface area contributed by atoms with Gasteiger partial charge in [-0.05, 0) is 31.4 Å². The van der Waals surface area contributed by atoms with Crippen LogP contribution in [0.5, 0.6) is 17.2 Å². The SMILES string of the molecule is COc1cc(NC(=O)CN2C(=O)[C@@H]3CCCCN3C(=O)c3ccccc32)cc(OC)c1OC. The second-order valence-corrected chi connectivity index (χ2v) is 7.91. The zero-order chi connectivity index (χ0) is 23.5. The second-order valence-electron chi connectivity index (χ2n) is 7.91. The van der Waals surface area contributed by atoms with Gasteiger partial charge in [0.15, 0.2) is 11.5 Å². The Bertz CT molecular complexity index is 1060. The van der Waals surface area contributed by atoms with Gasteiger partial charge in [-0.15, -0.1) is 0 Å². The predicted molar refractivity (Wildman–Crippen MR) is 122 cm³/mol. The molecule has 2 aromatic carbocycles. The van der Waals surface area contributed by atoms with E-state index in [1.165, 1.54) is 26.2 Å². The van der Waals surface area contributed by atoms with Gasteiger partial charge >= 0.3 is 0 Å². The lowest BCUT2D eigenvalue weighted by Crippen LogP contribution is -2.52. The van der Waals surface area contributed by atoms with Gasteiger partial charge in [0.1, 0.15) is 12.6 Å². The molecule has 33 heavy (non-hydrogen) atoms. The number of amides is 3. The molecule has 1 atom stereocenters. The number of para-hydroxylation sites is 1. The fourth-order valence-electron chi connectivity index (χ4n) is 4.44. The smallest absolute Gasteiger partial charge is 0.256 e. The van der Waals surface area contributed by atoms with Crippen LogP contribution in [0, 0.1) is 0 Å². The highest BCUT2D eigenvalue weighted by atomic mass is 16.5. The van der Waals surface area contributed by atoms with E-state index >= 15 is 0 Å². The summed E-state index contributed by atoms with van der Waals surface area (Å²) >= 11 is 0. The fraction of sp³-hybridized carbons (Fsp3) is 0.375. The van der Waals surface area contributed by atoms with E-state index in [2.05, 4.69) is 5.32 Å². The van der Waals surface area contributed by atoms with E-state index in [4.69, 9.17) is 14.2 Å². The van der Waals surface area contributed by atoms with Crippen LogP contribution in [0.1, 0.15) is 29.6 Å². The number of ether oxygens (including phenoxy) is 3. The van der Waals surface area contributed by atoms with Gasteiger partial charge in [0.25, 0.3) is 5.91 Å². The summed E-state index contributed by atoms with van der Waals surface area (Å²) in [6, 6.07) is 9.59. The number of carbonyl (C=O) groups is 3. The van der Waals surface area contributed by atoms with Gasteiger partial charge in [-0.3, -0.25) is 14.4 Å². The second kappa shape index (κ2) is 9.40. The Labute approximate surface area is 192 Å². The highest BCUT2D eigenvalue weighted by Crippen LogP contribution is 2.40. The van der Waals surface area contributed by atoms with E-state index in [9.17, 15) is 14.4 Å². The summed E-state index contributed by atoms with van der Waals surface area (Å²) in [6.45, 7) is 0.305. The molecule has 1 saturated heterocycles. The third-order valence-corrected chi connectivity index (χ3v) is 5.99. The zero-order valence-corrected chi connectivity index (χ0v) is 18.9. The highest BCUT2D eigenvalue weighted by molar-refractivity contribution is 6.13. The average Bonchev–Trinajstić information content (AvgIpc) is 2.93. The van der Waals surface area contributed by atoms with Gasteiger partial charge < -0.3 is 29.3 Å². The van der Waals surface area contributed by atoms with Gasteiger partial charge in [0, 0.05) is 24.4 Å². The summed E-state index contributed by atoms with van der Waals surface area (Å²) in [7, 11) is 4.47. The molecule has 1 N–H and O–H groups in total. The largest absolute Gasteiger partial charge is 0.493 e. The highest BCUT2D eigenvalue weighted by Gasteiger charge is 2.41. The summed E-state index contributed by atoms with van der Waals surface area (Å²) in [4.78, 5) is 42.7. The van der Waals surface area contributed by atoms with Gasteiger partial charge in [0.2, 0.25) is 17.6 Å². The zero-order valence-electron chi connectivity index (χ0n) is 18.9. The number of anilines is 2. The van der Waals surface area contributed by atoms with Crippen LogP contribution in [0.2, 0.25) is 0 Å². The maximum absolute atomic E-state index is 13.5. The van der Waals surface area contributed by atoms with E-state index in [1.54, 1.807) is 41.3 Å². The van der Waals surface area contributed by atoms with Crippen LogP contribution in [0.15, 0.2) is 36.4 Å². The van der Waals surface area contributed by atoms with Crippen LogP contribution in [-0.4, -0.2) is 63.1 Å². The average molecular weight is 453 g/mol. The number of fused-ring (bicyclic) bond motifs is 2. The Hall–Kier alpha value is -3.75. The molecular weight excluding hydrogens is 426 g/mol. The number of nitrogens with zero attached hydrogens (tertiary/aromatic N) is 2. The van der Waals surface area contributed by atoms with Crippen molar-refractivity contribution in [3.8, 4) is 17.2 Å². The molecule has 9 nitrogen and oxygen atoms in total. The van der Waals surface area contributed by atoms with Crippen molar-refractivity contribution < 1.29 is 28.6 Å². The minimum Gasteiger partial charge on any atom is -0.493 e. The first-order valence-corrected chi connectivity index (χ1v) is 10.8. The Kier molecular flexibility index (Phi) is 6.39. The Balaban J connectivity index is 1.63. The van der Waals surface area contributed by atoms with Crippen molar-refractivity contribution in [3.05, 3.63) is 42.0 Å². The number of carbonyl (C=O) groups excluding carboxylic acids is 3. The summed E-state index contributed by atoms with van der Waals surface area (Å²) in [5.74, 6) is 0.373. The first kappa shape index (κ1) is 22.4. The molecule has 0 bridgehead atoms.